The van der Waals surface area contributed by atoms with E-state index in [-0.39, 0.29) is 5.91 Å². The monoisotopic (exact) mass is 344 g/mol. The molecule has 0 aromatic carbocycles. The summed E-state index contributed by atoms with van der Waals surface area (Å²) in [6.45, 7) is 6.86. The van der Waals surface area contributed by atoms with Crippen LogP contribution in [0.15, 0.2) is 15.2 Å². The van der Waals surface area contributed by atoms with Crippen molar-refractivity contribution in [2.24, 2.45) is 5.92 Å². The van der Waals surface area contributed by atoms with Crippen molar-refractivity contribution in [1.82, 2.24) is 10.2 Å². The lowest BCUT2D eigenvalue weighted by molar-refractivity contribution is -0.132. The molecule has 0 radical (unpaired) electrons. The molecular weight excluding hydrogens is 324 g/mol. The molecule has 2 rings (SSSR count). The molecule has 2 heterocycles. The van der Waals surface area contributed by atoms with Crippen molar-refractivity contribution >= 4 is 33.2 Å². The van der Waals surface area contributed by atoms with Crippen molar-refractivity contribution in [2.45, 2.75) is 39.3 Å². The van der Waals surface area contributed by atoms with Crippen molar-refractivity contribution in [2.75, 3.05) is 13.1 Å². The van der Waals surface area contributed by atoms with E-state index >= 15 is 0 Å². The molecule has 0 aliphatic carbocycles. The third kappa shape index (κ3) is 4.04. The Morgan fingerprint density at radius 3 is 3.00 bits per heavy atom. The van der Waals surface area contributed by atoms with E-state index in [0.717, 1.165) is 26.1 Å². The molecule has 1 aromatic rings. The van der Waals surface area contributed by atoms with Gasteiger partial charge < -0.3 is 10.2 Å². The van der Waals surface area contributed by atoms with Crippen molar-refractivity contribution < 1.29 is 4.79 Å². The zero-order valence-corrected chi connectivity index (χ0v) is 13.9. The average Bonchev–Trinajstić information content (AvgIpc) is 2.82. The van der Waals surface area contributed by atoms with E-state index in [9.17, 15) is 4.79 Å². The van der Waals surface area contributed by atoms with Crippen LogP contribution in [0.1, 0.15) is 32.3 Å². The van der Waals surface area contributed by atoms with Crippen molar-refractivity contribution in [3.05, 3.63) is 20.8 Å². The van der Waals surface area contributed by atoms with Gasteiger partial charge in [0.05, 0.1) is 3.79 Å². The third-order valence-corrected chi connectivity index (χ3v) is 5.30. The van der Waals surface area contributed by atoms with E-state index in [2.05, 4.69) is 39.6 Å². The van der Waals surface area contributed by atoms with Crippen LogP contribution in [-0.4, -0.2) is 29.9 Å². The second-order valence-electron chi connectivity index (χ2n) is 5.21. The fourth-order valence-corrected chi connectivity index (χ4v) is 3.80. The Labute approximate surface area is 127 Å². The molecule has 5 heteroatoms. The third-order valence-electron chi connectivity index (χ3n) is 3.75. The number of rotatable bonds is 4. The summed E-state index contributed by atoms with van der Waals surface area (Å²) in [6.07, 6.45) is 1.67. The molecule has 1 saturated heterocycles. The zero-order chi connectivity index (χ0) is 13.8. The lowest BCUT2D eigenvalue weighted by atomic mass is 9.93. The van der Waals surface area contributed by atoms with Gasteiger partial charge in [0.2, 0.25) is 5.91 Å². The van der Waals surface area contributed by atoms with Gasteiger partial charge in [-0.05, 0) is 45.3 Å². The molecule has 0 spiro atoms. The minimum atomic E-state index is 0.284. The predicted molar refractivity (Wildman–Crippen MR) is 83.3 cm³/mol. The standard InChI is InChI=1S/C14H21BrN2OS/c1-3-14(18)17-5-4-12(10(2)8-17)16-7-11-6-13(15)19-9-11/h6,9-10,12,16H,3-5,7-8H2,1-2H3. The Morgan fingerprint density at radius 1 is 1.63 bits per heavy atom. The Balaban J connectivity index is 1.81. The molecule has 19 heavy (non-hydrogen) atoms. The first-order valence-electron chi connectivity index (χ1n) is 6.84. The summed E-state index contributed by atoms with van der Waals surface area (Å²) in [5, 5.41) is 5.80. The molecule has 106 valence electrons. The van der Waals surface area contributed by atoms with E-state index in [0.29, 0.717) is 18.4 Å². The fraction of sp³-hybridized carbons (Fsp3) is 0.643. The van der Waals surface area contributed by atoms with Crippen LogP contribution in [0.3, 0.4) is 0 Å². The van der Waals surface area contributed by atoms with Crippen LogP contribution in [0.25, 0.3) is 0 Å². The van der Waals surface area contributed by atoms with E-state index in [1.807, 2.05) is 11.8 Å². The summed E-state index contributed by atoms with van der Waals surface area (Å²) < 4.78 is 1.18. The number of nitrogens with one attached hydrogen (secondary N) is 1. The summed E-state index contributed by atoms with van der Waals surface area (Å²) >= 11 is 5.21. The molecule has 1 fully saturated rings. The normalized spacial score (nSPS) is 23.6. The van der Waals surface area contributed by atoms with Crippen LogP contribution < -0.4 is 5.32 Å². The molecule has 0 bridgehead atoms. The summed E-state index contributed by atoms with van der Waals surface area (Å²) in [7, 11) is 0. The van der Waals surface area contributed by atoms with Gasteiger partial charge in [-0.2, -0.15) is 0 Å². The highest BCUT2D eigenvalue weighted by molar-refractivity contribution is 9.11. The largest absolute Gasteiger partial charge is 0.342 e. The number of hydrogen-bond acceptors (Lipinski definition) is 3. The van der Waals surface area contributed by atoms with E-state index < -0.39 is 0 Å². The number of thiophene rings is 1. The first-order valence-corrected chi connectivity index (χ1v) is 8.51. The Morgan fingerprint density at radius 2 is 2.42 bits per heavy atom. The highest BCUT2D eigenvalue weighted by Gasteiger charge is 2.27. The Kier molecular flexibility index (Phi) is 5.42. The second-order valence-corrected chi connectivity index (χ2v) is 7.50. The lowest BCUT2D eigenvalue weighted by Gasteiger charge is -2.37. The second kappa shape index (κ2) is 6.86. The molecule has 0 saturated carbocycles. The number of amides is 1. The van der Waals surface area contributed by atoms with Gasteiger partial charge in [-0.15, -0.1) is 11.3 Å². The number of piperidine rings is 1. The minimum absolute atomic E-state index is 0.284. The summed E-state index contributed by atoms with van der Waals surface area (Å²) in [5.41, 5.74) is 1.33. The highest BCUT2D eigenvalue weighted by atomic mass is 79.9. The number of nitrogens with zero attached hydrogens (tertiary/aromatic N) is 1. The average molecular weight is 345 g/mol. The molecule has 2 atom stereocenters. The van der Waals surface area contributed by atoms with Crippen LogP contribution >= 0.6 is 27.3 Å². The van der Waals surface area contributed by atoms with Crippen molar-refractivity contribution in [3.63, 3.8) is 0 Å². The quantitative estimate of drug-likeness (QED) is 0.909. The molecule has 1 N–H and O–H groups in total. The van der Waals surface area contributed by atoms with Crippen LogP contribution in [-0.2, 0) is 11.3 Å². The van der Waals surface area contributed by atoms with Crippen molar-refractivity contribution in [1.29, 1.82) is 0 Å². The van der Waals surface area contributed by atoms with Gasteiger partial charge in [-0.3, -0.25) is 4.79 Å². The van der Waals surface area contributed by atoms with Crippen LogP contribution in [0.5, 0.6) is 0 Å². The summed E-state index contributed by atoms with van der Waals surface area (Å²) in [5.74, 6) is 0.804. The fourth-order valence-electron chi connectivity index (χ4n) is 2.59. The van der Waals surface area contributed by atoms with E-state index in [1.54, 1.807) is 11.3 Å². The summed E-state index contributed by atoms with van der Waals surface area (Å²) in [4.78, 5) is 13.7. The van der Waals surface area contributed by atoms with Crippen LogP contribution in [0.4, 0.5) is 0 Å². The van der Waals surface area contributed by atoms with Gasteiger partial charge in [-0.1, -0.05) is 13.8 Å². The van der Waals surface area contributed by atoms with Crippen LogP contribution in [0, 0.1) is 5.92 Å². The van der Waals surface area contributed by atoms with E-state index in [1.165, 1.54) is 9.35 Å². The van der Waals surface area contributed by atoms with Gasteiger partial charge in [0.1, 0.15) is 0 Å². The number of hydrogen-bond donors (Lipinski definition) is 1. The molecular formula is C14H21BrN2OS. The maximum atomic E-state index is 11.7. The van der Waals surface area contributed by atoms with Gasteiger partial charge in [0, 0.05) is 32.1 Å². The van der Waals surface area contributed by atoms with E-state index in [4.69, 9.17) is 0 Å². The smallest absolute Gasteiger partial charge is 0.222 e. The lowest BCUT2D eigenvalue weighted by Crippen LogP contribution is -2.49. The maximum absolute atomic E-state index is 11.7. The Hall–Kier alpha value is -0.390. The molecule has 2 unspecified atom stereocenters. The van der Waals surface area contributed by atoms with Gasteiger partial charge >= 0.3 is 0 Å². The van der Waals surface area contributed by atoms with Gasteiger partial charge in [0.25, 0.3) is 0 Å². The zero-order valence-electron chi connectivity index (χ0n) is 11.5. The van der Waals surface area contributed by atoms with Crippen LogP contribution in [0.2, 0.25) is 0 Å². The minimum Gasteiger partial charge on any atom is -0.342 e. The SMILES string of the molecule is CCC(=O)N1CCC(NCc2csc(Br)c2)C(C)C1. The molecule has 1 aliphatic rings. The topological polar surface area (TPSA) is 32.3 Å². The molecule has 1 amide bonds. The molecule has 1 aliphatic heterocycles. The van der Waals surface area contributed by atoms with Gasteiger partial charge in [-0.25, -0.2) is 0 Å². The molecule has 1 aromatic heterocycles. The van der Waals surface area contributed by atoms with Crippen molar-refractivity contribution in [3.8, 4) is 0 Å². The predicted octanol–water partition coefficient (Wildman–Crippen LogP) is 3.25. The molecule has 3 nitrogen and oxygen atoms in total. The highest BCUT2D eigenvalue weighted by Crippen LogP contribution is 2.22. The number of carbonyl (C=O) groups excluding carboxylic acids is 1. The maximum Gasteiger partial charge on any atom is 0.222 e. The first-order chi connectivity index (χ1) is 9.10. The number of likely N-dealkylation sites (tertiary alicyclic amines) is 1. The number of carbonyl (C=O) groups is 1. The Bertz CT molecular complexity index is 435. The number of halogens is 1. The van der Waals surface area contributed by atoms with Gasteiger partial charge in [0.15, 0.2) is 0 Å². The first kappa shape index (κ1) is 15.0. The summed E-state index contributed by atoms with van der Waals surface area (Å²) in [6, 6.07) is 2.68.